The van der Waals surface area contributed by atoms with Crippen molar-refractivity contribution in [3.05, 3.63) is 40.6 Å². The van der Waals surface area contributed by atoms with E-state index in [4.69, 9.17) is 10.5 Å². The lowest BCUT2D eigenvalue weighted by Gasteiger charge is -2.02. The van der Waals surface area contributed by atoms with Gasteiger partial charge in [0.15, 0.2) is 0 Å². The normalized spacial score (nSPS) is 10.2. The van der Waals surface area contributed by atoms with Gasteiger partial charge < -0.3 is 10.5 Å². The van der Waals surface area contributed by atoms with Crippen molar-refractivity contribution in [2.24, 2.45) is 7.05 Å². The van der Waals surface area contributed by atoms with Crippen LogP contribution in [0.5, 0.6) is 11.6 Å². The van der Waals surface area contributed by atoms with Gasteiger partial charge in [-0.3, -0.25) is 14.8 Å². The molecule has 0 saturated heterocycles. The van der Waals surface area contributed by atoms with Crippen LogP contribution in [0.1, 0.15) is 0 Å². The van der Waals surface area contributed by atoms with Gasteiger partial charge in [0.05, 0.1) is 4.92 Å². The number of hydrogen-bond donors (Lipinski definition) is 1. The summed E-state index contributed by atoms with van der Waals surface area (Å²) in [5.74, 6) is 0.356. The molecule has 0 amide bonds. The fraction of sp³-hybridized carbons (Fsp3) is 0.100. The molecule has 0 bridgehead atoms. The first-order valence-electron chi connectivity index (χ1n) is 4.77. The Balaban J connectivity index is 2.32. The largest absolute Gasteiger partial charge is 0.433 e. The third kappa shape index (κ3) is 2.33. The molecule has 0 saturated carbocycles. The lowest BCUT2D eigenvalue weighted by Crippen LogP contribution is -1.92. The van der Waals surface area contributed by atoms with E-state index in [9.17, 15) is 10.1 Å². The van der Waals surface area contributed by atoms with Gasteiger partial charge in [-0.1, -0.05) is 6.07 Å². The number of rotatable bonds is 3. The van der Waals surface area contributed by atoms with Crippen molar-refractivity contribution in [2.75, 3.05) is 5.73 Å². The monoisotopic (exact) mass is 234 g/mol. The Morgan fingerprint density at radius 3 is 2.94 bits per heavy atom. The first-order chi connectivity index (χ1) is 8.06. The molecule has 1 aromatic heterocycles. The fourth-order valence-corrected chi connectivity index (χ4v) is 1.34. The SMILES string of the molecule is Cn1cc([N+](=O)[O-])c(Oc2cccc(N)c2)n1. The Bertz CT molecular complexity index is 564. The predicted octanol–water partition coefficient (Wildman–Crippen LogP) is 1.70. The molecule has 0 unspecified atom stereocenters. The lowest BCUT2D eigenvalue weighted by molar-refractivity contribution is -0.385. The number of nitro groups is 1. The van der Waals surface area contributed by atoms with E-state index in [1.807, 2.05) is 0 Å². The minimum atomic E-state index is -0.547. The molecule has 17 heavy (non-hydrogen) atoms. The van der Waals surface area contributed by atoms with E-state index in [0.717, 1.165) is 0 Å². The zero-order chi connectivity index (χ0) is 12.4. The number of aromatic nitrogens is 2. The topological polar surface area (TPSA) is 96.2 Å². The molecule has 1 heterocycles. The Morgan fingerprint density at radius 2 is 2.29 bits per heavy atom. The van der Waals surface area contributed by atoms with Crippen LogP contribution in [0.3, 0.4) is 0 Å². The standard InChI is InChI=1S/C10H10N4O3/c1-13-6-9(14(15)16)10(12-13)17-8-4-2-3-7(11)5-8/h2-6H,11H2,1H3. The van der Waals surface area contributed by atoms with Gasteiger partial charge in [-0.2, -0.15) is 0 Å². The second kappa shape index (κ2) is 4.12. The molecule has 2 aromatic rings. The molecule has 0 aliphatic heterocycles. The number of anilines is 1. The van der Waals surface area contributed by atoms with E-state index >= 15 is 0 Å². The van der Waals surface area contributed by atoms with E-state index in [0.29, 0.717) is 11.4 Å². The molecule has 88 valence electrons. The maximum absolute atomic E-state index is 10.7. The Labute approximate surface area is 96.6 Å². The molecule has 0 atom stereocenters. The van der Waals surface area contributed by atoms with Crippen LogP contribution in [0.2, 0.25) is 0 Å². The minimum Gasteiger partial charge on any atom is -0.433 e. The van der Waals surface area contributed by atoms with Crippen LogP contribution in [0.25, 0.3) is 0 Å². The van der Waals surface area contributed by atoms with Gasteiger partial charge in [0, 0.05) is 18.8 Å². The van der Waals surface area contributed by atoms with Gasteiger partial charge in [-0.25, -0.2) is 0 Å². The van der Waals surface area contributed by atoms with E-state index in [-0.39, 0.29) is 11.6 Å². The first-order valence-corrected chi connectivity index (χ1v) is 4.77. The molecule has 0 radical (unpaired) electrons. The van der Waals surface area contributed by atoms with Crippen LogP contribution in [0.4, 0.5) is 11.4 Å². The zero-order valence-corrected chi connectivity index (χ0v) is 9.03. The highest BCUT2D eigenvalue weighted by Gasteiger charge is 2.20. The summed E-state index contributed by atoms with van der Waals surface area (Å²) in [5.41, 5.74) is 5.91. The second-order valence-corrected chi connectivity index (χ2v) is 3.42. The molecule has 0 spiro atoms. The van der Waals surface area contributed by atoms with E-state index < -0.39 is 4.92 Å². The minimum absolute atomic E-state index is 0.0527. The summed E-state index contributed by atoms with van der Waals surface area (Å²) in [6, 6.07) is 6.60. The average Bonchev–Trinajstić information content (AvgIpc) is 2.59. The summed E-state index contributed by atoms with van der Waals surface area (Å²) in [4.78, 5) is 10.2. The van der Waals surface area contributed by atoms with Crippen molar-refractivity contribution in [1.82, 2.24) is 9.78 Å². The van der Waals surface area contributed by atoms with Gasteiger partial charge in [0.1, 0.15) is 11.9 Å². The maximum Gasteiger partial charge on any atom is 0.350 e. The molecular formula is C10H10N4O3. The number of hydrogen-bond acceptors (Lipinski definition) is 5. The van der Waals surface area contributed by atoms with Crippen LogP contribution in [0, 0.1) is 10.1 Å². The first kappa shape index (κ1) is 10.9. The van der Waals surface area contributed by atoms with Crippen molar-refractivity contribution in [3.8, 4) is 11.6 Å². The van der Waals surface area contributed by atoms with Crippen molar-refractivity contribution in [1.29, 1.82) is 0 Å². The molecule has 0 aliphatic rings. The molecule has 2 rings (SSSR count). The maximum atomic E-state index is 10.7. The summed E-state index contributed by atoms with van der Waals surface area (Å²) < 4.78 is 6.64. The zero-order valence-electron chi connectivity index (χ0n) is 9.03. The highest BCUT2D eigenvalue weighted by Crippen LogP contribution is 2.29. The van der Waals surface area contributed by atoms with Gasteiger partial charge in [-0.15, -0.1) is 5.10 Å². The average molecular weight is 234 g/mol. The van der Waals surface area contributed by atoms with Crippen molar-refractivity contribution >= 4 is 11.4 Å². The number of nitrogens with zero attached hydrogens (tertiary/aromatic N) is 3. The van der Waals surface area contributed by atoms with E-state index in [1.165, 1.54) is 10.9 Å². The third-order valence-corrected chi connectivity index (χ3v) is 2.05. The molecule has 7 heteroatoms. The third-order valence-electron chi connectivity index (χ3n) is 2.05. The van der Waals surface area contributed by atoms with Crippen molar-refractivity contribution < 1.29 is 9.66 Å². The number of nitrogen functional groups attached to an aromatic ring is 1. The Kier molecular flexibility index (Phi) is 2.65. The lowest BCUT2D eigenvalue weighted by atomic mass is 10.3. The van der Waals surface area contributed by atoms with Crippen LogP contribution >= 0.6 is 0 Å². The number of benzene rings is 1. The summed E-state index contributed by atoms with van der Waals surface area (Å²) in [6.07, 6.45) is 1.28. The van der Waals surface area contributed by atoms with Gasteiger partial charge >= 0.3 is 11.6 Å². The Hall–Kier alpha value is -2.57. The van der Waals surface area contributed by atoms with E-state index in [1.54, 1.807) is 31.3 Å². The molecular weight excluding hydrogens is 224 g/mol. The highest BCUT2D eigenvalue weighted by atomic mass is 16.6. The van der Waals surface area contributed by atoms with Gasteiger partial charge in [0.25, 0.3) is 0 Å². The molecule has 0 aliphatic carbocycles. The second-order valence-electron chi connectivity index (χ2n) is 3.42. The smallest absolute Gasteiger partial charge is 0.350 e. The number of nitrogens with two attached hydrogens (primary N) is 1. The summed E-state index contributed by atoms with van der Waals surface area (Å²) >= 11 is 0. The molecule has 1 aromatic carbocycles. The van der Waals surface area contributed by atoms with Crippen molar-refractivity contribution in [2.45, 2.75) is 0 Å². The van der Waals surface area contributed by atoms with E-state index in [2.05, 4.69) is 5.10 Å². The van der Waals surface area contributed by atoms with Crippen LogP contribution in [-0.2, 0) is 7.05 Å². The summed E-state index contributed by atoms with van der Waals surface area (Å²) in [7, 11) is 1.58. The van der Waals surface area contributed by atoms with Gasteiger partial charge in [-0.05, 0) is 12.1 Å². The highest BCUT2D eigenvalue weighted by molar-refractivity contribution is 5.47. The van der Waals surface area contributed by atoms with Crippen molar-refractivity contribution in [3.63, 3.8) is 0 Å². The molecule has 2 N–H and O–H groups in total. The Morgan fingerprint density at radius 1 is 1.53 bits per heavy atom. The quantitative estimate of drug-likeness (QED) is 0.495. The molecule has 7 nitrogen and oxygen atoms in total. The summed E-state index contributed by atoms with van der Waals surface area (Å²) in [5, 5.41) is 14.6. The number of ether oxygens (including phenoxy) is 1. The van der Waals surface area contributed by atoms with Gasteiger partial charge in [0.2, 0.25) is 0 Å². The molecule has 0 fully saturated rings. The predicted molar refractivity (Wildman–Crippen MR) is 60.8 cm³/mol. The summed E-state index contributed by atoms with van der Waals surface area (Å²) in [6.45, 7) is 0. The van der Waals surface area contributed by atoms with Crippen LogP contribution in [-0.4, -0.2) is 14.7 Å². The van der Waals surface area contributed by atoms with Crippen LogP contribution in [0.15, 0.2) is 30.5 Å². The van der Waals surface area contributed by atoms with Crippen LogP contribution < -0.4 is 10.5 Å². The number of aryl methyl sites for hydroxylation is 1. The fourth-order valence-electron chi connectivity index (χ4n) is 1.34.